The van der Waals surface area contributed by atoms with Gasteiger partial charge in [-0.25, -0.2) is 8.42 Å². The van der Waals surface area contributed by atoms with Crippen LogP contribution in [0, 0.1) is 46.8 Å². The minimum absolute atomic E-state index is 0.118. The van der Waals surface area contributed by atoms with E-state index in [1.807, 2.05) is 0 Å². The first-order valence-corrected chi connectivity index (χ1v) is 12.9. The summed E-state index contributed by atoms with van der Waals surface area (Å²) in [4.78, 5) is 0. The van der Waals surface area contributed by atoms with E-state index >= 15 is 0 Å². The molecular weight excluding hydrogens is 384 g/mol. The molecule has 0 radical (unpaired) electrons. The number of terminal acetylenes is 1. The van der Waals surface area contributed by atoms with Crippen LogP contribution in [-0.2, 0) is 22.7 Å². The molecule has 0 aromatic carbocycles. The van der Waals surface area contributed by atoms with Gasteiger partial charge in [0.1, 0.15) is 11.4 Å². The second-order valence-electron chi connectivity index (χ2n) is 10.8. The van der Waals surface area contributed by atoms with E-state index in [-0.39, 0.29) is 15.9 Å². The molecule has 1 N–H and O–H groups in total. The van der Waals surface area contributed by atoms with Crippen molar-refractivity contribution < 1.29 is 17.9 Å². The normalized spacial score (nSPS) is 46.2. The Labute approximate surface area is 174 Å². The average Bonchev–Trinajstić information content (AvgIpc) is 3.18. The van der Waals surface area contributed by atoms with Crippen molar-refractivity contribution in [1.82, 2.24) is 0 Å². The van der Waals surface area contributed by atoms with Crippen LogP contribution in [0.3, 0.4) is 0 Å². The van der Waals surface area contributed by atoms with Crippen LogP contribution >= 0.6 is 0 Å². The van der Waals surface area contributed by atoms with Gasteiger partial charge in [0.15, 0.2) is 0 Å². The molecule has 1 heterocycles. The number of fused-ring (bicyclic) bond motifs is 6. The first-order chi connectivity index (χ1) is 13.5. The SMILES string of the molecule is C#C[C@]1(O)CC[C@H]2[C@@H]3CC[C@H]4Cc5oc(S(C)(=O)=O)cc5C[C@]4(C)[C@H]3CC[C@@]21C. The Morgan fingerprint density at radius 2 is 1.90 bits per heavy atom. The van der Waals surface area contributed by atoms with Crippen molar-refractivity contribution >= 4 is 9.84 Å². The maximum atomic E-state index is 12.0. The van der Waals surface area contributed by atoms with Crippen molar-refractivity contribution in [2.45, 2.75) is 75.9 Å². The molecule has 0 saturated heterocycles. The molecule has 7 atom stereocenters. The molecule has 4 aliphatic rings. The van der Waals surface area contributed by atoms with Gasteiger partial charge in [0.25, 0.3) is 0 Å². The summed E-state index contributed by atoms with van der Waals surface area (Å²) in [5.41, 5.74) is 0.108. The van der Waals surface area contributed by atoms with Gasteiger partial charge in [0.2, 0.25) is 14.9 Å². The highest BCUT2D eigenvalue weighted by Crippen LogP contribution is 2.67. The lowest BCUT2D eigenvalue weighted by molar-refractivity contribution is -0.128. The minimum atomic E-state index is -3.32. The monoisotopic (exact) mass is 416 g/mol. The molecule has 0 amide bonds. The van der Waals surface area contributed by atoms with Gasteiger partial charge in [0, 0.05) is 18.1 Å². The quantitative estimate of drug-likeness (QED) is 0.703. The number of aliphatic hydroxyl groups is 1. The smallest absolute Gasteiger partial charge is 0.218 e. The van der Waals surface area contributed by atoms with Crippen LogP contribution in [0.25, 0.3) is 0 Å². The third-order valence-corrected chi connectivity index (χ3v) is 10.6. The molecule has 4 aliphatic carbocycles. The maximum Gasteiger partial charge on any atom is 0.218 e. The lowest BCUT2D eigenvalue weighted by Gasteiger charge is -2.60. The summed E-state index contributed by atoms with van der Waals surface area (Å²) in [5.74, 6) is 5.86. The molecule has 4 nitrogen and oxygen atoms in total. The molecule has 3 fully saturated rings. The fourth-order valence-electron chi connectivity index (χ4n) is 7.98. The van der Waals surface area contributed by atoms with Gasteiger partial charge in [0.05, 0.1) is 0 Å². The van der Waals surface area contributed by atoms with Crippen molar-refractivity contribution in [3.8, 4) is 12.3 Å². The van der Waals surface area contributed by atoms with Crippen molar-refractivity contribution in [2.75, 3.05) is 6.26 Å². The molecule has 1 aromatic rings. The zero-order chi connectivity index (χ0) is 20.8. The van der Waals surface area contributed by atoms with Gasteiger partial charge in [-0.05, 0) is 85.7 Å². The summed E-state index contributed by atoms with van der Waals surface area (Å²) in [6, 6.07) is 1.77. The highest BCUT2D eigenvalue weighted by Gasteiger charge is 2.64. The standard InChI is InChI=1S/C24H32O4S/c1-5-24(25)11-9-19-17-7-6-16-13-20-15(12-21(28-20)29(4,26)27)14-22(16,2)18(17)8-10-23(19,24)3/h1,12,16-19,25H,6-11,13-14H2,2-4H3/t16-,17+,18-,19-,22-,23-,24-/m0/s1. The minimum Gasteiger partial charge on any atom is -0.449 e. The van der Waals surface area contributed by atoms with E-state index in [9.17, 15) is 13.5 Å². The van der Waals surface area contributed by atoms with Gasteiger partial charge in [-0.2, -0.15) is 0 Å². The van der Waals surface area contributed by atoms with Crippen LogP contribution in [0.2, 0.25) is 0 Å². The van der Waals surface area contributed by atoms with Crippen LogP contribution in [0.4, 0.5) is 0 Å². The summed E-state index contributed by atoms with van der Waals surface area (Å²) in [7, 11) is -3.32. The number of furan rings is 1. The topological polar surface area (TPSA) is 67.5 Å². The molecule has 0 unspecified atom stereocenters. The van der Waals surface area contributed by atoms with Crippen LogP contribution < -0.4 is 0 Å². The van der Waals surface area contributed by atoms with Crippen LogP contribution in [0.1, 0.15) is 63.7 Å². The zero-order valence-electron chi connectivity index (χ0n) is 17.7. The Morgan fingerprint density at radius 3 is 2.59 bits per heavy atom. The summed E-state index contributed by atoms with van der Waals surface area (Å²) in [6.07, 6.45) is 14.9. The Morgan fingerprint density at radius 1 is 1.17 bits per heavy atom. The first kappa shape index (κ1) is 19.7. The second kappa shape index (κ2) is 5.92. The fraction of sp³-hybridized carbons (Fsp3) is 0.750. The lowest BCUT2D eigenvalue weighted by Crippen LogP contribution is -2.56. The molecule has 158 valence electrons. The highest BCUT2D eigenvalue weighted by molar-refractivity contribution is 7.90. The number of rotatable bonds is 1. The van der Waals surface area contributed by atoms with Crippen LogP contribution in [-0.4, -0.2) is 25.4 Å². The lowest BCUT2D eigenvalue weighted by atomic mass is 9.44. The molecule has 0 spiro atoms. The van der Waals surface area contributed by atoms with Gasteiger partial charge < -0.3 is 9.52 Å². The first-order valence-electron chi connectivity index (χ1n) is 11.0. The number of hydrogen-bond acceptors (Lipinski definition) is 4. The van der Waals surface area contributed by atoms with E-state index in [0.29, 0.717) is 23.7 Å². The van der Waals surface area contributed by atoms with Crippen molar-refractivity contribution in [3.63, 3.8) is 0 Å². The largest absolute Gasteiger partial charge is 0.449 e. The van der Waals surface area contributed by atoms with Gasteiger partial charge in [-0.1, -0.05) is 19.8 Å². The van der Waals surface area contributed by atoms with Gasteiger partial charge >= 0.3 is 0 Å². The zero-order valence-corrected chi connectivity index (χ0v) is 18.5. The molecule has 1 aromatic heterocycles. The molecular formula is C24H32O4S. The predicted molar refractivity (Wildman–Crippen MR) is 111 cm³/mol. The Bertz CT molecular complexity index is 1000. The summed E-state index contributed by atoms with van der Waals surface area (Å²) < 4.78 is 29.8. The Balaban J connectivity index is 1.49. The van der Waals surface area contributed by atoms with Crippen molar-refractivity contribution in [2.24, 2.45) is 34.5 Å². The molecule has 0 bridgehead atoms. The Kier molecular flexibility index (Phi) is 4.02. The van der Waals surface area contributed by atoms with E-state index in [0.717, 1.165) is 56.3 Å². The summed E-state index contributed by atoms with van der Waals surface area (Å²) in [6.45, 7) is 4.65. The van der Waals surface area contributed by atoms with E-state index in [4.69, 9.17) is 10.8 Å². The third kappa shape index (κ3) is 2.51. The Hall–Kier alpha value is -1.25. The molecule has 29 heavy (non-hydrogen) atoms. The van der Waals surface area contributed by atoms with E-state index in [2.05, 4.69) is 19.8 Å². The second-order valence-corrected chi connectivity index (χ2v) is 12.8. The number of hydrogen-bond donors (Lipinski definition) is 1. The van der Waals surface area contributed by atoms with E-state index in [1.54, 1.807) is 6.07 Å². The number of sulfone groups is 1. The molecule has 3 saturated carbocycles. The van der Waals surface area contributed by atoms with E-state index < -0.39 is 15.4 Å². The maximum absolute atomic E-state index is 12.0. The summed E-state index contributed by atoms with van der Waals surface area (Å²) in [5, 5.41) is 11.3. The average molecular weight is 417 g/mol. The van der Waals surface area contributed by atoms with Crippen molar-refractivity contribution in [3.05, 3.63) is 17.4 Å². The van der Waals surface area contributed by atoms with Gasteiger partial charge in [-0.3, -0.25) is 0 Å². The van der Waals surface area contributed by atoms with Gasteiger partial charge in [-0.15, -0.1) is 6.42 Å². The molecule has 0 aliphatic heterocycles. The van der Waals surface area contributed by atoms with Crippen molar-refractivity contribution in [1.29, 1.82) is 0 Å². The predicted octanol–water partition coefficient (Wildman–Crippen LogP) is 4.00. The highest BCUT2D eigenvalue weighted by atomic mass is 32.2. The van der Waals surface area contributed by atoms with Crippen LogP contribution in [0.5, 0.6) is 0 Å². The van der Waals surface area contributed by atoms with E-state index in [1.165, 1.54) is 12.7 Å². The van der Waals surface area contributed by atoms with Crippen LogP contribution in [0.15, 0.2) is 15.6 Å². The molecule has 5 heteroatoms. The third-order valence-electron chi connectivity index (χ3n) is 9.70. The molecule has 5 rings (SSSR count). The fourth-order valence-corrected chi connectivity index (χ4v) is 8.59. The summed E-state index contributed by atoms with van der Waals surface area (Å²) >= 11 is 0.